The van der Waals surface area contributed by atoms with E-state index in [2.05, 4.69) is 5.32 Å². The number of alkyl halides is 5. The number of aromatic hydroxyl groups is 1. The number of phenols is 1. The van der Waals surface area contributed by atoms with Crippen molar-refractivity contribution in [3.63, 3.8) is 0 Å². The minimum Gasteiger partial charge on any atom is -0.507 e. The van der Waals surface area contributed by atoms with Gasteiger partial charge in [0.2, 0.25) is 0 Å². The molecule has 156 valence electrons. The van der Waals surface area contributed by atoms with Gasteiger partial charge in [-0.15, -0.1) is 0 Å². The van der Waals surface area contributed by atoms with Crippen LogP contribution in [0.15, 0.2) is 12.1 Å². The molecule has 2 bridgehead atoms. The third kappa shape index (κ3) is 3.68. The van der Waals surface area contributed by atoms with Crippen LogP contribution in [0.1, 0.15) is 55.2 Å². The highest BCUT2D eigenvalue weighted by Gasteiger charge is 2.51. The molecule has 4 rings (SSSR count). The second kappa shape index (κ2) is 7.50. The van der Waals surface area contributed by atoms with Crippen LogP contribution >= 0.6 is 0 Å². The Bertz CT molecular complexity index is 748. The van der Waals surface area contributed by atoms with E-state index in [4.69, 9.17) is 9.90 Å². The predicted octanol–water partition coefficient (Wildman–Crippen LogP) is 4.31. The molecule has 1 aromatic rings. The molecule has 9 heteroatoms. The second-order valence-electron chi connectivity index (χ2n) is 7.69. The molecular weight excluding hydrogens is 385 g/mol. The quantitative estimate of drug-likeness (QED) is 0.607. The lowest BCUT2D eigenvalue weighted by Gasteiger charge is -2.56. The number of benzene rings is 1. The average Bonchev–Trinajstić information content (AvgIpc) is 2.61. The Hall–Kier alpha value is -1.90. The van der Waals surface area contributed by atoms with Crippen molar-refractivity contribution in [1.29, 1.82) is 0 Å². The van der Waals surface area contributed by atoms with Crippen LogP contribution in [0.4, 0.5) is 22.0 Å². The molecule has 1 aromatic carbocycles. The van der Waals surface area contributed by atoms with E-state index in [-0.39, 0.29) is 16.7 Å². The Morgan fingerprint density at radius 3 is 2.50 bits per heavy atom. The van der Waals surface area contributed by atoms with Gasteiger partial charge in [0.15, 0.2) is 0 Å². The molecule has 0 amide bonds. The fourth-order valence-electron chi connectivity index (χ4n) is 5.17. The Balaban J connectivity index is 0.000000279. The largest absolute Gasteiger partial charge is 0.507 e. The zero-order chi connectivity index (χ0) is 20.7. The van der Waals surface area contributed by atoms with Crippen molar-refractivity contribution in [2.24, 2.45) is 5.92 Å². The van der Waals surface area contributed by atoms with Gasteiger partial charge in [-0.3, -0.25) is 0 Å². The van der Waals surface area contributed by atoms with Crippen molar-refractivity contribution in [2.75, 3.05) is 6.54 Å². The maximum atomic E-state index is 13.0. The van der Waals surface area contributed by atoms with Gasteiger partial charge >= 0.3 is 12.1 Å². The smallest absolute Gasteiger partial charge is 0.490 e. The van der Waals surface area contributed by atoms with Gasteiger partial charge in [0, 0.05) is 11.5 Å². The standard InChI is InChI=1S/C17H21F2NO.C2HF3O2/c18-16(19)11-7-10-8-14-12-3-1-2-4-17(12,5-6-20-14)13(10)9-15(11)21;3-2(4,5)1(6)7/h7,9,12,14,16,20-21H,1-6,8H2;(H,6,7)/t12-,14+,17+;/m1./s1. The van der Waals surface area contributed by atoms with E-state index in [0.29, 0.717) is 12.0 Å². The number of carbonyl (C=O) groups is 1. The first-order chi connectivity index (χ1) is 13.1. The van der Waals surface area contributed by atoms with Crippen LogP contribution in [-0.4, -0.2) is 34.9 Å². The third-order valence-corrected chi connectivity index (χ3v) is 6.27. The number of rotatable bonds is 1. The molecule has 3 aliphatic rings. The van der Waals surface area contributed by atoms with Crippen molar-refractivity contribution < 1.29 is 37.0 Å². The van der Waals surface area contributed by atoms with Crippen molar-refractivity contribution in [3.05, 3.63) is 28.8 Å². The first kappa shape index (κ1) is 20.8. The van der Waals surface area contributed by atoms with Gasteiger partial charge in [0.1, 0.15) is 5.75 Å². The van der Waals surface area contributed by atoms with Gasteiger partial charge in [-0.05, 0) is 61.4 Å². The summed E-state index contributed by atoms with van der Waals surface area (Å²) in [6.45, 7) is 0.998. The average molecular weight is 407 g/mol. The molecule has 2 fully saturated rings. The number of carboxylic acid groups (broad SMARTS) is 1. The molecule has 1 heterocycles. The first-order valence-corrected chi connectivity index (χ1v) is 9.24. The summed E-state index contributed by atoms with van der Waals surface area (Å²) in [4.78, 5) is 8.90. The normalized spacial score (nSPS) is 28.6. The van der Waals surface area contributed by atoms with E-state index in [1.807, 2.05) is 0 Å². The monoisotopic (exact) mass is 407 g/mol. The van der Waals surface area contributed by atoms with Crippen LogP contribution in [0.2, 0.25) is 0 Å². The highest BCUT2D eigenvalue weighted by molar-refractivity contribution is 5.73. The van der Waals surface area contributed by atoms with E-state index in [9.17, 15) is 27.1 Å². The zero-order valence-corrected chi connectivity index (χ0v) is 15.0. The number of hydrogen-bond acceptors (Lipinski definition) is 3. The summed E-state index contributed by atoms with van der Waals surface area (Å²) in [5.74, 6) is -2.38. The Morgan fingerprint density at radius 2 is 1.89 bits per heavy atom. The van der Waals surface area contributed by atoms with Crippen LogP contribution in [0.3, 0.4) is 0 Å². The second-order valence-corrected chi connectivity index (χ2v) is 7.69. The number of piperidine rings is 1. The van der Waals surface area contributed by atoms with E-state index >= 15 is 0 Å². The lowest BCUT2D eigenvalue weighted by Crippen LogP contribution is -2.59. The summed E-state index contributed by atoms with van der Waals surface area (Å²) in [6, 6.07) is 3.64. The summed E-state index contributed by atoms with van der Waals surface area (Å²) in [7, 11) is 0. The van der Waals surface area contributed by atoms with Gasteiger partial charge in [0.25, 0.3) is 6.43 Å². The van der Waals surface area contributed by atoms with Crippen LogP contribution in [-0.2, 0) is 16.6 Å². The SMILES string of the molecule is O=C(O)C(F)(F)F.Oc1cc2c(cc1C(F)F)C[C@@H]1NCC[C@]23CCCC[C@H]13. The van der Waals surface area contributed by atoms with Crippen LogP contribution in [0.5, 0.6) is 5.75 Å². The van der Waals surface area contributed by atoms with Crippen LogP contribution < -0.4 is 5.32 Å². The van der Waals surface area contributed by atoms with Gasteiger partial charge in [-0.2, -0.15) is 13.2 Å². The molecule has 1 saturated carbocycles. The number of nitrogens with one attached hydrogen (secondary N) is 1. The first-order valence-electron chi connectivity index (χ1n) is 9.24. The number of fused-ring (bicyclic) bond motifs is 1. The van der Waals surface area contributed by atoms with E-state index in [0.717, 1.165) is 36.9 Å². The Morgan fingerprint density at radius 1 is 1.21 bits per heavy atom. The maximum absolute atomic E-state index is 13.0. The van der Waals surface area contributed by atoms with E-state index in [1.54, 1.807) is 12.1 Å². The van der Waals surface area contributed by atoms with Gasteiger partial charge in [-0.25, -0.2) is 13.6 Å². The Labute approximate surface area is 158 Å². The van der Waals surface area contributed by atoms with Crippen LogP contribution in [0, 0.1) is 5.92 Å². The summed E-state index contributed by atoms with van der Waals surface area (Å²) in [5, 5.41) is 20.7. The minimum absolute atomic E-state index is 0.111. The topological polar surface area (TPSA) is 69.6 Å². The molecule has 28 heavy (non-hydrogen) atoms. The van der Waals surface area contributed by atoms with Crippen molar-refractivity contribution in [1.82, 2.24) is 5.32 Å². The molecule has 0 unspecified atom stereocenters. The van der Waals surface area contributed by atoms with Gasteiger partial charge in [-0.1, -0.05) is 12.8 Å². The van der Waals surface area contributed by atoms with Crippen molar-refractivity contribution >= 4 is 5.97 Å². The molecule has 1 aliphatic heterocycles. The number of carboxylic acids is 1. The summed E-state index contributed by atoms with van der Waals surface area (Å²) >= 11 is 0. The number of aliphatic carboxylic acids is 1. The zero-order valence-electron chi connectivity index (χ0n) is 15.0. The highest BCUT2D eigenvalue weighted by Crippen LogP contribution is 2.55. The lowest BCUT2D eigenvalue weighted by atomic mass is 9.52. The number of halogens is 5. The molecule has 3 N–H and O–H groups in total. The molecule has 4 nitrogen and oxygen atoms in total. The molecule has 1 saturated heterocycles. The fourth-order valence-corrected chi connectivity index (χ4v) is 5.17. The summed E-state index contributed by atoms with van der Waals surface area (Å²) < 4.78 is 57.8. The van der Waals surface area contributed by atoms with Gasteiger partial charge < -0.3 is 15.5 Å². The van der Waals surface area contributed by atoms with Gasteiger partial charge in [0.05, 0.1) is 5.56 Å². The number of hydrogen-bond donors (Lipinski definition) is 3. The van der Waals surface area contributed by atoms with Crippen LogP contribution in [0.25, 0.3) is 0 Å². The lowest BCUT2D eigenvalue weighted by molar-refractivity contribution is -0.192. The summed E-state index contributed by atoms with van der Waals surface area (Å²) in [5.41, 5.74) is 2.09. The molecule has 2 aliphatic carbocycles. The minimum atomic E-state index is -5.08. The van der Waals surface area contributed by atoms with Crippen molar-refractivity contribution in [2.45, 2.75) is 62.6 Å². The van der Waals surface area contributed by atoms with E-state index in [1.165, 1.54) is 19.3 Å². The Kier molecular flexibility index (Phi) is 5.58. The predicted molar refractivity (Wildman–Crippen MR) is 90.5 cm³/mol. The fraction of sp³-hybridized carbons (Fsp3) is 0.632. The molecule has 0 spiro atoms. The van der Waals surface area contributed by atoms with Crippen molar-refractivity contribution in [3.8, 4) is 5.75 Å². The highest BCUT2D eigenvalue weighted by atomic mass is 19.4. The molecule has 0 aromatic heterocycles. The summed E-state index contributed by atoms with van der Waals surface area (Å²) in [6.07, 6.45) is -0.980. The molecule has 0 radical (unpaired) electrons. The molecular formula is C19H22F5NO3. The third-order valence-electron chi connectivity index (χ3n) is 6.27. The molecule has 3 atom stereocenters. The number of phenolic OH excluding ortho intramolecular Hbond substituents is 1. The van der Waals surface area contributed by atoms with E-state index < -0.39 is 18.6 Å². The maximum Gasteiger partial charge on any atom is 0.490 e.